The van der Waals surface area contributed by atoms with Gasteiger partial charge < -0.3 is 20.7 Å². The number of amides is 1. The third-order valence-corrected chi connectivity index (χ3v) is 5.25. The molecule has 26 heavy (non-hydrogen) atoms. The Hall–Kier alpha value is -2.71. The molecule has 3 heterocycles. The summed E-state index contributed by atoms with van der Waals surface area (Å²) in [5.41, 5.74) is 1.44. The van der Waals surface area contributed by atoms with Crippen LogP contribution in [0.1, 0.15) is 16.8 Å². The zero-order chi connectivity index (χ0) is 17.9. The number of fused-ring (bicyclic) bond motifs is 1. The predicted molar refractivity (Wildman–Crippen MR) is 102 cm³/mol. The molecule has 0 bridgehead atoms. The Balaban J connectivity index is 1.52. The minimum absolute atomic E-state index is 0.0879. The van der Waals surface area contributed by atoms with Crippen molar-refractivity contribution in [1.82, 2.24) is 20.6 Å². The fourth-order valence-electron chi connectivity index (χ4n) is 2.93. The van der Waals surface area contributed by atoms with Gasteiger partial charge in [0.05, 0.1) is 17.3 Å². The SMILES string of the molecule is COc1cccc2nc(Nc3cc(C(=O)NC4CCNC4)ccn3)sc12. The second-order valence-electron chi connectivity index (χ2n) is 6.05. The van der Waals surface area contributed by atoms with Crippen LogP contribution in [0.5, 0.6) is 5.75 Å². The average molecular weight is 369 g/mol. The Morgan fingerprint density at radius 3 is 3.12 bits per heavy atom. The average Bonchev–Trinajstić information content (AvgIpc) is 3.30. The van der Waals surface area contributed by atoms with Gasteiger partial charge in [0.1, 0.15) is 11.6 Å². The number of hydrogen-bond acceptors (Lipinski definition) is 7. The van der Waals surface area contributed by atoms with E-state index in [1.165, 1.54) is 11.3 Å². The third-order valence-electron chi connectivity index (χ3n) is 4.25. The molecule has 3 aromatic rings. The number of anilines is 2. The van der Waals surface area contributed by atoms with Crippen molar-refractivity contribution in [3.63, 3.8) is 0 Å². The highest BCUT2D eigenvalue weighted by Crippen LogP contribution is 2.34. The topological polar surface area (TPSA) is 88.2 Å². The summed E-state index contributed by atoms with van der Waals surface area (Å²) < 4.78 is 6.35. The zero-order valence-electron chi connectivity index (χ0n) is 14.3. The van der Waals surface area contributed by atoms with Crippen LogP contribution in [0.2, 0.25) is 0 Å². The van der Waals surface area contributed by atoms with E-state index in [-0.39, 0.29) is 11.9 Å². The minimum atomic E-state index is -0.0879. The lowest BCUT2D eigenvalue weighted by molar-refractivity contribution is 0.0940. The van der Waals surface area contributed by atoms with Gasteiger partial charge in [-0.3, -0.25) is 4.79 Å². The van der Waals surface area contributed by atoms with Gasteiger partial charge in [-0.05, 0) is 37.2 Å². The molecule has 1 amide bonds. The maximum absolute atomic E-state index is 12.4. The first kappa shape index (κ1) is 16.7. The molecule has 0 aliphatic carbocycles. The predicted octanol–water partition coefficient (Wildman–Crippen LogP) is 2.54. The van der Waals surface area contributed by atoms with Crippen LogP contribution in [-0.2, 0) is 0 Å². The molecule has 0 radical (unpaired) electrons. The Kier molecular flexibility index (Phi) is 4.68. The number of aromatic nitrogens is 2. The molecular formula is C18H19N5O2S. The zero-order valence-corrected chi connectivity index (χ0v) is 15.1. The lowest BCUT2D eigenvalue weighted by Gasteiger charge is -2.11. The highest BCUT2D eigenvalue weighted by Gasteiger charge is 2.18. The number of nitrogens with zero attached hydrogens (tertiary/aromatic N) is 2. The molecule has 1 fully saturated rings. The Bertz CT molecular complexity index is 936. The van der Waals surface area contributed by atoms with Crippen LogP contribution in [0.4, 0.5) is 10.9 Å². The summed E-state index contributed by atoms with van der Waals surface area (Å²) in [6.07, 6.45) is 2.58. The summed E-state index contributed by atoms with van der Waals surface area (Å²) in [6, 6.07) is 9.39. The van der Waals surface area contributed by atoms with E-state index in [1.807, 2.05) is 18.2 Å². The van der Waals surface area contributed by atoms with Gasteiger partial charge in [0.15, 0.2) is 5.13 Å². The molecule has 8 heteroatoms. The van der Waals surface area contributed by atoms with E-state index in [0.29, 0.717) is 16.5 Å². The van der Waals surface area contributed by atoms with Gasteiger partial charge in [-0.2, -0.15) is 0 Å². The number of hydrogen-bond donors (Lipinski definition) is 3. The fourth-order valence-corrected chi connectivity index (χ4v) is 3.90. The van der Waals surface area contributed by atoms with Crippen molar-refractivity contribution >= 4 is 38.4 Å². The summed E-state index contributed by atoms with van der Waals surface area (Å²) in [6.45, 7) is 1.75. The first-order valence-corrected chi connectivity index (χ1v) is 9.23. The molecule has 1 aromatic carbocycles. The number of carbonyl (C=O) groups is 1. The monoisotopic (exact) mass is 369 g/mol. The van der Waals surface area contributed by atoms with E-state index in [0.717, 1.165) is 35.5 Å². The van der Waals surface area contributed by atoms with Gasteiger partial charge >= 0.3 is 0 Å². The summed E-state index contributed by atoms with van der Waals surface area (Å²) in [5, 5.41) is 10.2. The largest absolute Gasteiger partial charge is 0.495 e. The van der Waals surface area contributed by atoms with Crippen molar-refractivity contribution in [2.75, 3.05) is 25.5 Å². The van der Waals surface area contributed by atoms with Gasteiger partial charge in [0.25, 0.3) is 5.91 Å². The molecule has 1 aliphatic heterocycles. The van der Waals surface area contributed by atoms with Crippen LogP contribution in [0, 0.1) is 0 Å². The number of nitrogens with one attached hydrogen (secondary N) is 3. The van der Waals surface area contributed by atoms with E-state index in [9.17, 15) is 4.79 Å². The van der Waals surface area contributed by atoms with E-state index in [1.54, 1.807) is 25.4 Å². The molecule has 3 N–H and O–H groups in total. The van der Waals surface area contributed by atoms with Crippen LogP contribution in [-0.4, -0.2) is 42.1 Å². The van der Waals surface area contributed by atoms with Crippen molar-refractivity contribution in [3.05, 3.63) is 42.1 Å². The first-order chi connectivity index (χ1) is 12.7. The maximum Gasteiger partial charge on any atom is 0.251 e. The second-order valence-corrected chi connectivity index (χ2v) is 7.04. The number of carbonyl (C=O) groups excluding carboxylic acids is 1. The highest BCUT2D eigenvalue weighted by atomic mass is 32.1. The molecule has 1 atom stereocenters. The molecule has 1 saturated heterocycles. The maximum atomic E-state index is 12.4. The molecular weight excluding hydrogens is 350 g/mol. The molecule has 1 aliphatic rings. The van der Waals surface area contributed by atoms with E-state index >= 15 is 0 Å². The van der Waals surface area contributed by atoms with E-state index < -0.39 is 0 Å². The van der Waals surface area contributed by atoms with Crippen molar-refractivity contribution < 1.29 is 9.53 Å². The standard InChI is InChI=1S/C18H19N5O2S/c1-25-14-4-2-3-13-16(14)26-18(22-13)23-15-9-11(5-8-20-15)17(24)21-12-6-7-19-10-12/h2-5,8-9,12,19H,6-7,10H2,1H3,(H,21,24)(H,20,22,23). The number of pyridine rings is 1. The molecule has 1 unspecified atom stereocenters. The summed E-state index contributed by atoms with van der Waals surface area (Å²) >= 11 is 1.49. The fraction of sp³-hybridized carbons (Fsp3) is 0.278. The van der Waals surface area contributed by atoms with Crippen molar-refractivity contribution in [3.8, 4) is 5.75 Å². The normalized spacial score (nSPS) is 16.6. The molecule has 0 saturated carbocycles. The molecule has 2 aromatic heterocycles. The highest BCUT2D eigenvalue weighted by molar-refractivity contribution is 7.22. The van der Waals surface area contributed by atoms with Crippen LogP contribution >= 0.6 is 11.3 Å². The van der Waals surface area contributed by atoms with Crippen LogP contribution in [0.15, 0.2) is 36.5 Å². The second kappa shape index (κ2) is 7.27. The summed E-state index contributed by atoms with van der Waals surface area (Å²) in [7, 11) is 1.64. The van der Waals surface area contributed by atoms with Crippen molar-refractivity contribution in [2.45, 2.75) is 12.5 Å². The number of ether oxygens (including phenoxy) is 1. The van der Waals surface area contributed by atoms with Gasteiger partial charge in [-0.1, -0.05) is 17.4 Å². The van der Waals surface area contributed by atoms with Gasteiger partial charge in [-0.15, -0.1) is 0 Å². The number of benzene rings is 1. The molecule has 134 valence electrons. The molecule has 0 spiro atoms. The third kappa shape index (κ3) is 3.47. The Labute approximate surface area is 154 Å². The lowest BCUT2D eigenvalue weighted by Crippen LogP contribution is -2.36. The first-order valence-electron chi connectivity index (χ1n) is 8.41. The Morgan fingerprint density at radius 1 is 1.38 bits per heavy atom. The Morgan fingerprint density at radius 2 is 2.31 bits per heavy atom. The number of methoxy groups -OCH3 is 1. The number of rotatable bonds is 5. The molecule has 4 rings (SSSR count). The minimum Gasteiger partial charge on any atom is -0.495 e. The lowest BCUT2D eigenvalue weighted by atomic mass is 10.2. The van der Waals surface area contributed by atoms with Crippen LogP contribution in [0.25, 0.3) is 10.2 Å². The van der Waals surface area contributed by atoms with E-state index in [2.05, 4.69) is 25.9 Å². The number of thiazole rings is 1. The van der Waals surface area contributed by atoms with Crippen molar-refractivity contribution in [2.24, 2.45) is 0 Å². The van der Waals surface area contributed by atoms with Gasteiger partial charge in [0.2, 0.25) is 0 Å². The smallest absolute Gasteiger partial charge is 0.251 e. The van der Waals surface area contributed by atoms with Gasteiger partial charge in [-0.25, -0.2) is 9.97 Å². The summed E-state index contributed by atoms with van der Waals surface area (Å²) in [4.78, 5) is 21.3. The van der Waals surface area contributed by atoms with E-state index in [4.69, 9.17) is 4.74 Å². The van der Waals surface area contributed by atoms with Crippen LogP contribution < -0.4 is 20.7 Å². The molecule has 7 nitrogen and oxygen atoms in total. The quantitative estimate of drug-likeness (QED) is 0.641. The summed E-state index contributed by atoms with van der Waals surface area (Å²) in [5.74, 6) is 1.29. The van der Waals surface area contributed by atoms with Crippen LogP contribution in [0.3, 0.4) is 0 Å². The van der Waals surface area contributed by atoms with Crippen molar-refractivity contribution in [1.29, 1.82) is 0 Å². The van der Waals surface area contributed by atoms with Gasteiger partial charge in [0, 0.05) is 24.3 Å².